The lowest BCUT2D eigenvalue weighted by molar-refractivity contribution is -0.146. The SMILES string of the molecule is Cc1ncsc1-c1ccc(CNC(=O)[C@@H]2C[C@@H](O)CN2C(=O)[C@@H](CC(=O)CN2CCC3(CC2)CCN(C(=O)COc2cc(F)c([C@@H]4C5=C(C[C@@H](C)N4CC(C)(C)F)c4ccccc4C5)c(F)c2)CC3)C(C)(C)C)cc1. The van der Waals surface area contributed by atoms with Gasteiger partial charge in [0.2, 0.25) is 11.8 Å². The number of hydrogen-bond acceptors (Lipinski definition) is 10. The number of aryl methyl sites for hydroxylation is 1. The average molecular weight is 1050 g/mol. The van der Waals surface area contributed by atoms with E-state index >= 15 is 13.2 Å². The van der Waals surface area contributed by atoms with Gasteiger partial charge in [-0.1, -0.05) is 69.3 Å². The van der Waals surface area contributed by atoms with E-state index in [2.05, 4.69) is 15.2 Å². The fourth-order valence-corrected chi connectivity index (χ4v) is 13.2. The first-order valence-corrected chi connectivity index (χ1v) is 27.6. The second kappa shape index (κ2) is 21.9. The molecule has 16 heteroatoms. The molecule has 3 amide bonds. The summed E-state index contributed by atoms with van der Waals surface area (Å²) in [4.78, 5) is 67.9. The molecule has 4 aromatic rings. The molecule has 402 valence electrons. The number of β-amino-alcohol motifs (C(OH)–C–C–N with tert-alkyl or cyclic N) is 1. The molecule has 4 aliphatic heterocycles. The molecule has 0 unspecified atom stereocenters. The first-order valence-electron chi connectivity index (χ1n) is 26.7. The number of carbonyl (C=O) groups is 4. The van der Waals surface area contributed by atoms with E-state index in [1.54, 1.807) is 16.2 Å². The lowest BCUT2D eigenvalue weighted by Crippen LogP contribution is -2.51. The first kappa shape index (κ1) is 54.4. The van der Waals surface area contributed by atoms with Crippen LogP contribution in [0.15, 0.2) is 71.7 Å². The molecule has 0 bridgehead atoms. The molecule has 2 N–H and O–H groups in total. The van der Waals surface area contributed by atoms with E-state index in [0.29, 0.717) is 39.0 Å². The number of hydrogen-bond donors (Lipinski definition) is 2. The molecular weight excluding hydrogens is 978 g/mol. The molecule has 3 fully saturated rings. The van der Waals surface area contributed by atoms with Crippen LogP contribution in [-0.4, -0.2) is 129 Å². The predicted octanol–water partition coefficient (Wildman–Crippen LogP) is 9.27. The Bertz CT molecular complexity index is 2780. The number of Topliss-reactive ketones (excluding diaryl/α,β-unsaturated/α-hetero) is 1. The van der Waals surface area contributed by atoms with Gasteiger partial charge in [-0.05, 0) is 124 Å². The van der Waals surface area contributed by atoms with Crippen molar-refractivity contribution in [3.63, 3.8) is 0 Å². The molecule has 3 aromatic carbocycles. The summed E-state index contributed by atoms with van der Waals surface area (Å²) in [6.07, 6.45) is 3.74. The normalized spacial score (nSPS) is 22.5. The van der Waals surface area contributed by atoms with Gasteiger partial charge >= 0.3 is 0 Å². The van der Waals surface area contributed by atoms with Gasteiger partial charge in [0, 0.05) is 75.2 Å². The van der Waals surface area contributed by atoms with Crippen molar-refractivity contribution in [1.29, 1.82) is 0 Å². The Kier molecular flexibility index (Phi) is 15.9. The number of aliphatic hydroxyl groups excluding tert-OH is 1. The number of likely N-dealkylation sites (tertiary alicyclic amines) is 3. The van der Waals surface area contributed by atoms with Gasteiger partial charge in [0.05, 0.1) is 34.8 Å². The van der Waals surface area contributed by atoms with Crippen LogP contribution in [0.1, 0.15) is 120 Å². The highest BCUT2D eigenvalue weighted by Gasteiger charge is 2.46. The number of ketones is 1. The Morgan fingerprint density at radius 3 is 2.25 bits per heavy atom. The quantitative estimate of drug-likeness (QED) is 0.120. The van der Waals surface area contributed by atoms with Crippen LogP contribution in [0, 0.1) is 35.3 Å². The zero-order valence-corrected chi connectivity index (χ0v) is 45.3. The molecule has 1 aromatic heterocycles. The van der Waals surface area contributed by atoms with Gasteiger partial charge in [-0.25, -0.2) is 18.2 Å². The summed E-state index contributed by atoms with van der Waals surface area (Å²) in [5.41, 5.74) is 6.54. The summed E-state index contributed by atoms with van der Waals surface area (Å²) in [5.74, 6) is -3.34. The number of amides is 3. The molecule has 0 radical (unpaired) electrons. The lowest BCUT2D eigenvalue weighted by atomic mass is 9.71. The topological polar surface area (TPSA) is 136 Å². The van der Waals surface area contributed by atoms with Gasteiger partial charge in [0.1, 0.15) is 34.9 Å². The highest BCUT2D eigenvalue weighted by Crippen LogP contribution is 2.50. The van der Waals surface area contributed by atoms with Crippen molar-refractivity contribution in [2.24, 2.45) is 16.7 Å². The van der Waals surface area contributed by atoms with Gasteiger partial charge in [-0.2, -0.15) is 0 Å². The lowest BCUT2D eigenvalue weighted by Gasteiger charge is -2.46. The van der Waals surface area contributed by atoms with E-state index in [4.69, 9.17) is 4.74 Å². The van der Waals surface area contributed by atoms with Gasteiger partial charge in [-0.3, -0.25) is 29.0 Å². The number of alkyl halides is 1. The van der Waals surface area contributed by atoms with E-state index < -0.39 is 46.8 Å². The third-order valence-electron chi connectivity index (χ3n) is 16.6. The van der Waals surface area contributed by atoms with Crippen molar-refractivity contribution in [2.75, 3.05) is 52.4 Å². The largest absolute Gasteiger partial charge is 0.484 e. The van der Waals surface area contributed by atoms with Crippen molar-refractivity contribution in [3.8, 4) is 16.2 Å². The zero-order chi connectivity index (χ0) is 53.6. The Labute approximate surface area is 443 Å². The number of nitrogens with zero attached hydrogens (tertiary/aromatic N) is 5. The fourth-order valence-electron chi connectivity index (χ4n) is 12.4. The van der Waals surface area contributed by atoms with Gasteiger partial charge < -0.3 is 25.0 Å². The Morgan fingerprint density at radius 1 is 0.947 bits per heavy atom. The summed E-state index contributed by atoms with van der Waals surface area (Å²) in [7, 11) is 0. The average Bonchev–Trinajstić information content (AvgIpc) is 4.09. The van der Waals surface area contributed by atoms with E-state index in [-0.39, 0.29) is 91.9 Å². The molecule has 1 spiro atoms. The fraction of sp³-hybridized carbons (Fsp3) is 0.542. The number of thiazole rings is 1. The highest BCUT2D eigenvalue weighted by molar-refractivity contribution is 7.13. The summed E-state index contributed by atoms with van der Waals surface area (Å²) >= 11 is 1.57. The monoisotopic (exact) mass is 1050 g/mol. The maximum atomic E-state index is 16.3. The molecule has 3 saturated heterocycles. The second-order valence-electron chi connectivity index (χ2n) is 23.7. The van der Waals surface area contributed by atoms with Gasteiger partial charge in [0.15, 0.2) is 6.61 Å². The van der Waals surface area contributed by atoms with Crippen LogP contribution in [0.4, 0.5) is 13.2 Å². The second-order valence-corrected chi connectivity index (χ2v) is 24.5. The Hall–Kier alpha value is -5.42. The van der Waals surface area contributed by atoms with Crippen LogP contribution in [0.25, 0.3) is 16.0 Å². The van der Waals surface area contributed by atoms with Crippen molar-refractivity contribution in [3.05, 3.63) is 111 Å². The Balaban J connectivity index is 0.745. The minimum Gasteiger partial charge on any atom is -0.484 e. The molecule has 0 saturated carbocycles. The van der Waals surface area contributed by atoms with Crippen molar-refractivity contribution < 1.29 is 42.2 Å². The van der Waals surface area contributed by atoms with Gasteiger partial charge in [0.25, 0.3) is 5.91 Å². The third kappa shape index (κ3) is 12.1. The van der Waals surface area contributed by atoms with Crippen LogP contribution in [-0.2, 0) is 32.1 Å². The van der Waals surface area contributed by atoms with Gasteiger partial charge in [-0.15, -0.1) is 11.3 Å². The summed E-state index contributed by atoms with van der Waals surface area (Å²) < 4.78 is 53.7. The number of rotatable bonds is 15. The van der Waals surface area contributed by atoms with E-state index in [1.807, 2.05) is 93.6 Å². The number of aromatic nitrogens is 1. The maximum Gasteiger partial charge on any atom is 0.260 e. The molecule has 5 aliphatic rings. The minimum atomic E-state index is -1.60. The standard InChI is InChI=1S/C59H73F3N6O6S/c1-36-24-45-44-11-9-8-10-40(44)25-46(45)53(68(36)34-58(6,7)62)52-48(60)28-43(29-49(52)61)74-33-51(71)66-22-18-59(19-23-66)16-20-65(21-17-59)31-41(69)26-47(57(3,4)5)56(73)67-32-42(70)27-50(67)55(72)63-30-38-12-14-39(15-13-38)54-37(2)64-35-75-54/h8-15,28-29,35-36,42,47,50,53,70H,16-27,30-34H2,1-7H3,(H,63,72)/t36-,42-,47-,50+,53+/m1/s1. The van der Waals surface area contributed by atoms with E-state index in [1.165, 1.54) is 18.7 Å². The van der Waals surface area contributed by atoms with Crippen molar-refractivity contribution >= 4 is 40.4 Å². The smallest absolute Gasteiger partial charge is 0.260 e. The number of aliphatic hydroxyl groups is 1. The maximum absolute atomic E-state index is 16.3. The molecule has 12 nitrogen and oxygen atoms in total. The summed E-state index contributed by atoms with van der Waals surface area (Å²) in [6.45, 7) is 15.3. The number of halogens is 3. The number of fused-ring (bicyclic) bond motifs is 2. The van der Waals surface area contributed by atoms with Crippen molar-refractivity contribution in [2.45, 2.75) is 136 Å². The number of ether oxygens (including phenoxy) is 1. The van der Waals surface area contributed by atoms with Crippen LogP contribution in [0.2, 0.25) is 0 Å². The highest BCUT2D eigenvalue weighted by atomic mass is 32.1. The third-order valence-corrected chi connectivity index (χ3v) is 17.6. The number of piperidine rings is 2. The summed E-state index contributed by atoms with van der Waals surface area (Å²) in [5, 5.41) is 13.7. The van der Waals surface area contributed by atoms with Crippen LogP contribution >= 0.6 is 11.3 Å². The van der Waals surface area contributed by atoms with Crippen molar-refractivity contribution in [1.82, 2.24) is 29.9 Å². The predicted molar refractivity (Wildman–Crippen MR) is 284 cm³/mol. The van der Waals surface area contributed by atoms with E-state index in [9.17, 15) is 24.3 Å². The number of nitrogens with one attached hydrogen (secondary N) is 1. The molecule has 9 rings (SSSR count). The minimum absolute atomic E-state index is 0.000713. The molecule has 1 aliphatic carbocycles. The van der Waals surface area contributed by atoms with Crippen LogP contribution in [0.3, 0.4) is 0 Å². The number of benzene rings is 3. The molecule has 5 heterocycles. The molecule has 5 atom stereocenters. The number of carbonyl (C=O) groups excluding carboxylic acids is 4. The van der Waals surface area contributed by atoms with Crippen LogP contribution in [0.5, 0.6) is 5.75 Å². The summed E-state index contributed by atoms with van der Waals surface area (Å²) in [6, 6.07) is 16.4. The Morgan fingerprint density at radius 2 is 1.61 bits per heavy atom. The van der Waals surface area contributed by atoms with Crippen LogP contribution < -0.4 is 10.1 Å². The van der Waals surface area contributed by atoms with E-state index in [0.717, 1.165) is 81.8 Å². The molecule has 75 heavy (non-hydrogen) atoms. The first-order chi connectivity index (χ1) is 35.6. The zero-order valence-electron chi connectivity index (χ0n) is 44.5. The molecular formula is C59H73F3N6O6S.